The number of anilines is 1. The van der Waals surface area contributed by atoms with E-state index in [1.807, 2.05) is 0 Å². The largest absolute Gasteiger partial charge is 0.491 e. The van der Waals surface area contributed by atoms with Crippen LogP contribution in [-0.4, -0.2) is 49.2 Å². The smallest absolute Gasteiger partial charge is 0.384 e. The van der Waals surface area contributed by atoms with Crippen LogP contribution in [0.2, 0.25) is 0 Å². The summed E-state index contributed by atoms with van der Waals surface area (Å²) in [6, 6.07) is 5.75. The standard InChI is InChI=1S/C16H19F3N2O3/c17-16(18,19)15(23)24-14(22)12-4-6-13(7-5-12)20-8-11-21-9-2-1-3-10-21/h4-7,20H,1-3,8-11H2. The maximum Gasteiger partial charge on any atom is 0.491 e. The number of rotatable bonds is 5. The minimum Gasteiger partial charge on any atom is -0.384 e. The van der Waals surface area contributed by atoms with E-state index < -0.39 is 18.1 Å². The Hall–Kier alpha value is -2.09. The monoisotopic (exact) mass is 344 g/mol. The number of alkyl halides is 3. The Labute approximate surface area is 137 Å². The minimum absolute atomic E-state index is 0.116. The molecule has 8 heteroatoms. The van der Waals surface area contributed by atoms with Crippen molar-refractivity contribution in [3.05, 3.63) is 29.8 Å². The van der Waals surface area contributed by atoms with Crippen LogP contribution in [0, 0.1) is 0 Å². The highest BCUT2D eigenvalue weighted by molar-refractivity contribution is 5.98. The lowest BCUT2D eigenvalue weighted by molar-refractivity contribution is -0.193. The molecule has 5 nitrogen and oxygen atoms in total. The van der Waals surface area contributed by atoms with Crippen molar-refractivity contribution in [2.75, 3.05) is 31.5 Å². The number of nitrogens with one attached hydrogen (secondary N) is 1. The summed E-state index contributed by atoms with van der Waals surface area (Å²) in [6.07, 6.45) is -1.48. The van der Waals surface area contributed by atoms with Crippen LogP contribution in [0.25, 0.3) is 0 Å². The topological polar surface area (TPSA) is 58.6 Å². The van der Waals surface area contributed by atoms with Gasteiger partial charge in [-0.05, 0) is 50.2 Å². The molecule has 0 spiro atoms. The van der Waals surface area contributed by atoms with Gasteiger partial charge < -0.3 is 15.0 Å². The molecular formula is C16H19F3N2O3. The Kier molecular flexibility index (Phi) is 6.19. The molecule has 1 N–H and O–H groups in total. The zero-order valence-corrected chi connectivity index (χ0v) is 13.1. The first-order valence-corrected chi connectivity index (χ1v) is 7.76. The molecule has 0 unspecified atom stereocenters. The number of nitrogens with zero attached hydrogens (tertiary/aromatic N) is 1. The van der Waals surface area contributed by atoms with Crippen molar-refractivity contribution in [2.45, 2.75) is 25.4 Å². The third-order valence-corrected chi connectivity index (χ3v) is 3.74. The number of hydrogen-bond acceptors (Lipinski definition) is 5. The van der Waals surface area contributed by atoms with Crippen molar-refractivity contribution in [1.29, 1.82) is 0 Å². The maximum atomic E-state index is 12.0. The molecule has 0 amide bonds. The zero-order valence-electron chi connectivity index (χ0n) is 13.1. The van der Waals surface area contributed by atoms with Crippen LogP contribution < -0.4 is 5.32 Å². The van der Waals surface area contributed by atoms with E-state index in [0.29, 0.717) is 0 Å². The molecule has 0 aromatic heterocycles. The van der Waals surface area contributed by atoms with Gasteiger partial charge in [-0.1, -0.05) is 6.42 Å². The van der Waals surface area contributed by atoms with Crippen molar-refractivity contribution in [2.24, 2.45) is 0 Å². The van der Waals surface area contributed by atoms with Crippen LogP contribution >= 0.6 is 0 Å². The first-order valence-electron chi connectivity index (χ1n) is 7.76. The number of piperidine rings is 1. The molecule has 1 aromatic rings. The van der Waals surface area contributed by atoms with Crippen molar-refractivity contribution in [3.63, 3.8) is 0 Å². The van der Waals surface area contributed by atoms with Gasteiger partial charge in [0.25, 0.3) is 0 Å². The number of likely N-dealkylation sites (tertiary alicyclic amines) is 1. The number of ether oxygens (including phenoxy) is 1. The van der Waals surface area contributed by atoms with Crippen LogP contribution in [0.4, 0.5) is 18.9 Å². The quantitative estimate of drug-likeness (QED) is 0.657. The summed E-state index contributed by atoms with van der Waals surface area (Å²) in [6.45, 7) is 3.83. The van der Waals surface area contributed by atoms with Gasteiger partial charge in [-0.25, -0.2) is 9.59 Å². The highest BCUT2D eigenvalue weighted by Gasteiger charge is 2.42. The Bertz CT molecular complexity index is 567. The van der Waals surface area contributed by atoms with Crippen molar-refractivity contribution in [3.8, 4) is 0 Å². The molecule has 0 atom stereocenters. The Morgan fingerprint density at radius 2 is 1.71 bits per heavy atom. The fourth-order valence-corrected chi connectivity index (χ4v) is 2.47. The number of carbonyl (C=O) groups is 2. The molecule has 1 heterocycles. The van der Waals surface area contributed by atoms with Crippen molar-refractivity contribution >= 4 is 17.6 Å². The summed E-state index contributed by atoms with van der Waals surface area (Å²) in [4.78, 5) is 24.5. The zero-order chi connectivity index (χ0) is 17.6. The van der Waals surface area contributed by atoms with Crippen LogP contribution in [0.5, 0.6) is 0 Å². The summed E-state index contributed by atoms with van der Waals surface area (Å²) >= 11 is 0. The van der Waals surface area contributed by atoms with E-state index in [4.69, 9.17) is 0 Å². The Morgan fingerprint density at radius 3 is 2.29 bits per heavy atom. The minimum atomic E-state index is -5.19. The lowest BCUT2D eigenvalue weighted by atomic mass is 10.1. The summed E-state index contributed by atoms with van der Waals surface area (Å²) < 4.78 is 39.9. The van der Waals surface area contributed by atoms with Gasteiger partial charge in [0.15, 0.2) is 0 Å². The van der Waals surface area contributed by atoms with Gasteiger partial charge >= 0.3 is 18.1 Å². The second kappa shape index (κ2) is 8.14. The molecule has 1 saturated heterocycles. The third-order valence-electron chi connectivity index (χ3n) is 3.74. The van der Waals surface area contributed by atoms with Crippen LogP contribution in [0.1, 0.15) is 29.6 Å². The van der Waals surface area contributed by atoms with Gasteiger partial charge in [0.1, 0.15) is 0 Å². The summed E-state index contributed by atoms with van der Waals surface area (Å²) in [5.41, 5.74) is 0.625. The van der Waals surface area contributed by atoms with Crippen molar-refractivity contribution < 1.29 is 27.5 Å². The molecule has 1 aliphatic rings. The molecule has 0 radical (unpaired) electrons. The van der Waals surface area contributed by atoms with Crippen LogP contribution in [0.15, 0.2) is 24.3 Å². The predicted octanol–water partition coefficient (Wildman–Crippen LogP) is 2.83. The van der Waals surface area contributed by atoms with E-state index in [9.17, 15) is 22.8 Å². The predicted molar refractivity (Wildman–Crippen MR) is 81.7 cm³/mol. The molecule has 0 saturated carbocycles. The maximum absolute atomic E-state index is 12.0. The second-order valence-corrected chi connectivity index (χ2v) is 5.58. The number of esters is 2. The molecule has 24 heavy (non-hydrogen) atoms. The van der Waals surface area contributed by atoms with E-state index in [0.717, 1.165) is 31.9 Å². The van der Waals surface area contributed by atoms with Crippen LogP contribution in [0.3, 0.4) is 0 Å². The number of hydrogen-bond donors (Lipinski definition) is 1. The van der Waals surface area contributed by atoms with Gasteiger partial charge in [-0.15, -0.1) is 0 Å². The fourth-order valence-electron chi connectivity index (χ4n) is 2.47. The lowest BCUT2D eigenvalue weighted by Crippen LogP contribution is -2.33. The first kappa shape index (κ1) is 18.3. The van der Waals surface area contributed by atoms with Gasteiger partial charge in [0.2, 0.25) is 0 Å². The van der Waals surface area contributed by atoms with E-state index in [1.165, 1.54) is 31.4 Å². The Balaban J connectivity index is 1.79. The highest BCUT2D eigenvalue weighted by Crippen LogP contribution is 2.18. The molecule has 0 bridgehead atoms. The number of benzene rings is 1. The summed E-state index contributed by atoms with van der Waals surface area (Å²) in [5.74, 6) is -3.84. The van der Waals surface area contributed by atoms with Gasteiger partial charge in [0, 0.05) is 18.8 Å². The van der Waals surface area contributed by atoms with E-state index in [2.05, 4.69) is 15.0 Å². The fraction of sp³-hybridized carbons (Fsp3) is 0.500. The van der Waals surface area contributed by atoms with Crippen LogP contribution in [-0.2, 0) is 9.53 Å². The van der Waals surface area contributed by atoms with E-state index in [1.54, 1.807) is 12.1 Å². The van der Waals surface area contributed by atoms with Gasteiger partial charge in [-0.3, -0.25) is 0 Å². The molecule has 132 valence electrons. The lowest BCUT2D eigenvalue weighted by Gasteiger charge is -2.26. The highest BCUT2D eigenvalue weighted by atomic mass is 19.4. The number of carbonyl (C=O) groups excluding carboxylic acids is 2. The summed E-state index contributed by atoms with van der Waals surface area (Å²) in [7, 11) is 0. The van der Waals surface area contributed by atoms with Gasteiger partial charge in [0.05, 0.1) is 5.56 Å². The van der Waals surface area contributed by atoms with E-state index >= 15 is 0 Å². The average molecular weight is 344 g/mol. The SMILES string of the molecule is O=C(OC(=O)C(F)(F)F)c1ccc(NCCN2CCCCC2)cc1. The normalized spacial score (nSPS) is 15.8. The average Bonchev–Trinajstić information content (AvgIpc) is 2.55. The second-order valence-electron chi connectivity index (χ2n) is 5.58. The molecular weight excluding hydrogens is 325 g/mol. The number of halogens is 3. The molecule has 1 fully saturated rings. The van der Waals surface area contributed by atoms with Gasteiger partial charge in [-0.2, -0.15) is 13.2 Å². The Morgan fingerprint density at radius 1 is 1.08 bits per heavy atom. The molecule has 0 aliphatic carbocycles. The molecule has 1 aromatic carbocycles. The van der Waals surface area contributed by atoms with E-state index in [-0.39, 0.29) is 5.56 Å². The first-order chi connectivity index (χ1) is 11.4. The summed E-state index contributed by atoms with van der Waals surface area (Å²) in [5, 5.41) is 3.18. The van der Waals surface area contributed by atoms with Crippen molar-refractivity contribution in [1.82, 2.24) is 4.90 Å². The molecule has 1 aliphatic heterocycles. The third kappa shape index (κ3) is 5.52. The molecule has 2 rings (SSSR count).